The maximum absolute atomic E-state index is 13.3. The van der Waals surface area contributed by atoms with Crippen LogP contribution in [-0.4, -0.2) is 5.11 Å². The Bertz CT molecular complexity index is 476. The first-order chi connectivity index (χ1) is 7.72. The van der Waals surface area contributed by atoms with E-state index >= 15 is 0 Å². The molecule has 16 heavy (non-hydrogen) atoms. The van der Waals surface area contributed by atoms with E-state index in [4.69, 9.17) is 4.42 Å². The van der Waals surface area contributed by atoms with E-state index in [1.54, 1.807) is 18.2 Å². The van der Waals surface area contributed by atoms with Gasteiger partial charge in [-0.25, -0.2) is 4.39 Å². The monoisotopic (exact) mass is 222 g/mol. The molecule has 1 N–H and O–H groups in total. The van der Waals surface area contributed by atoms with Gasteiger partial charge in [0.15, 0.2) is 11.4 Å². The molecular formula is C13H15FO2. The molecule has 1 atom stereocenters. The van der Waals surface area contributed by atoms with Gasteiger partial charge in [-0.05, 0) is 18.6 Å². The van der Waals surface area contributed by atoms with E-state index in [0.717, 1.165) is 12.8 Å². The lowest BCUT2D eigenvalue weighted by Crippen LogP contribution is -1.94. The Kier molecular flexibility index (Phi) is 3.25. The molecule has 2 nitrogen and oxygen atoms in total. The molecule has 0 spiro atoms. The summed E-state index contributed by atoms with van der Waals surface area (Å²) in [7, 11) is 0. The highest BCUT2D eigenvalue weighted by Gasteiger charge is 2.14. The van der Waals surface area contributed by atoms with E-state index in [0.29, 0.717) is 17.6 Å². The van der Waals surface area contributed by atoms with Crippen LogP contribution in [0.5, 0.6) is 0 Å². The zero-order chi connectivity index (χ0) is 11.5. The fraction of sp³-hybridized carbons (Fsp3) is 0.385. The van der Waals surface area contributed by atoms with Gasteiger partial charge in [0.25, 0.3) is 0 Å². The molecule has 0 aliphatic carbocycles. The summed E-state index contributed by atoms with van der Waals surface area (Å²) in [5.41, 5.74) is 0.230. The highest BCUT2D eigenvalue weighted by Crippen LogP contribution is 2.28. The minimum absolute atomic E-state index is 0.230. The summed E-state index contributed by atoms with van der Waals surface area (Å²) in [4.78, 5) is 0. The predicted octanol–water partition coefficient (Wildman–Crippen LogP) is 3.80. The van der Waals surface area contributed by atoms with Crippen LogP contribution < -0.4 is 0 Å². The van der Waals surface area contributed by atoms with Gasteiger partial charge in [0, 0.05) is 5.39 Å². The van der Waals surface area contributed by atoms with Crippen LogP contribution in [0.25, 0.3) is 11.0 Å². The molecule has 1 unspecified atom stereocenters. The van der Waals surface area contributed by atoms with E-state index in [1.165, 1.54) is 6.07 Å². The maximum atomic E-state index is 13.3. The molecule has 0 aliphatic heterocycles. The molecule has 0 aliphatic rings. The number of para-hydroxylation sites is 1. The summed E-state index contributed by atoms with van der Waals surface area (Å²) in [6.45, 7) is 2.06. The molecule has 3 heteroatoms. The van der Waals surface area contributed by atoms with Crippen LogP contribution in [0, 0.1) is 5.82 Å². The van der Waals surface area contributed by atoms with Crippen LogP contribution in [0.2, 0.25) is 0 Å². The molecule has 0 radical (unpaired) electrons. The van der Waals surface area contributed by atoms with Gasteiger partial charge in [-0.1, -0.05) is 31.9 Å². The Morgan fingerprint density at radius 2 is 2.25 bits per heavy atom. The number of unbranched alkanes of at least 4 members (excludes halogenated alkanes) is 1. The van der Waals surface area contributed by atoms with Crippen molar-refractivity contribution in [3.8, 4) is 0 Å². The van der Waals surface area contributed by atoms with Crippen LogP contribution in [0.4, 0.5) is 4.39 Å². The van der Waals surface area contributed by atoms with Crippen LogP contribution in [-0.2, 0) is 0 Å². The summed E-state index contributed by atoms with van der Waals surface area (Å²) < 4.78 is 18.7. The summed E-state index contributed by atoms with van der Waals surface area (Å²) in [5, 5.41) is 10.5. The normalized spacial score (nSPS) is 13.2. The number of hydrogen-bond donors (Lipinski definition) is 1. The van der Waals surface area contributed by atoms with Gasteiger partial charge in [0.1, 0.15) is 11.9 Å². The van der Waals surface area contributed by atoms with Gasteiger partial charge in [-0.2, -0.15) is 0 Å². The van der Waals surface area contributed by atoms with Gasteiger partial charge in [0.05, 0.1) is 0 Å². The van der Waals surface area contributed by atoms with Gasteiger partial charge in [-0.3, -0.25) is 0 Å². The number of fused-ring (bicyclic) bond motifs is 1. The first-order valence-electron chi connectivity index (χ1n) is 5.58. The minimum atomic E-state index is -0.633. The van der Waals surface area contributed by atoms with E-state index in [-0.39, 0.29) is 11.4 Å². The molecule has 0 saturated heterocycles. The summed E-state index contributed by atoms with van der Waals surface area (Å²) in [5.74, 6) is 0.0694. The summed E-state index contributed by atoms with van der Waals surface area (Å²) >= 11 is 0. The largest absolute Gasteiger partial charge is 0.455 e. The predicted molar refractivity (Wildman–Crippen MR) is 60.7 cm³/mol. The van der Waals surface area contributed by atoms with E-state index in [1.807, 2.05) is 0 Å². The molecule has 0 amide bonds. The zero-order valence-electron chi connectivity index (χ0n) is 9.24. The van der Waals surface area contributed by atoms with Crippen molar-refractivity contribution in [2.45, 2.75) is 32.3 Å². The Morgan fingerprint density at radius 3 is 2.94 bits per heavy atom. The summed E-state index contributed by atoms with van der Waals surface area (Å²) in [6.07, 6.45) is 1.97. The molecule has 1 aromatic carbocycles. The van der Waals surface area contributed by atoms with Crippen LogP contribution in [0.15, 0.2) is 28.7 Å². The van der Waals surface area contributed by atoms with E-state index in [9.17, 15) is 9.50 Å². The quantitative estimate of drug-likeness (QED) is 0.853. The maximum Gasteiger partial charge on any atom is 0.170 e. The Balaban J connectivity index is 2.29. The third kappa shape index (κ3) is 2.09. The zero-order valence-corrected chi connectivity index (χ0v) is 9.24. The first-order valence-corrected chi connectivity index (χ1v) is 5.58. The van der Waals surface area contributed by atoms with Crippen molar-refractivity contribution in [3.05, 3.63) is 35.8 Å². The van der Waals surface area contributed by atoms with Crippen molar-refractivity contribution >= 4 is 11.0 Å². The highest BCUT2D eigenvalue weighted by atomic mass is 19.1. The van der Waals surface area contributed by atoms with Crippen LogP contribution >= 0.6 is 0 Å². The van der Waals surface area contributed by atoms with Gasteiger partial charge in [-0.15, -0.1) is 0 Å². The third-order valence-corrected chi connectivity index (χ3v) is 2.67. The molecule has 2 aromatic rings. The molecule has 0 saturated carbocycles. The van der Waals surface area contributed by atoms with Crippen molar-refractivity contribution in [1.29, 1.82) is 0 Å². The first kappa shape index (κ1) is 11.1. The second-order valence-corrected chi connectivity index (χ2v) is 3.96. The van der Waals surface area contributed by atoms with Crippen molar-refractivity contribution in [3.63, 3.8) is 0 Å². The van der Waals surface area contributed by atoms with Crippen LogP contribution in [0.1, 0.15) is 38.1 Å². The highest BCUT2D eigenvalue weighted by molar-refractivity contribution is 5.78. The summed E-state index contributed by atoms with van der Waals surface area (Å²) in [6, 6.07) is 6.47. The standard InChI is InChI=1S/C13H15FO2/c1-2-3-7-11(15)12-8-9-5-4-6-10(14)13(9)16-12/h4-6,8,11,15H,2-3,7H2,1H3. The van der Waals surface area contributed by atoms with E-state index < -0.39 is 6.10 Å². The lowest BCUT2D eigenvalue weighted by molar-refractivity contribution is 0.139. The molecule has 0 fully saturated rings. The molecule has 86 valence electrons. The number of furan rings is 1. The van der Waals surface area contributed by atoms with Gasteiger partial charge < -0.3 is 9.52 Å². The Morgan fingerprint density at radius 1 is 1.44 bits per heavy atom. The van der Waals surface area contributed by atoms with Gasteiger partial charge >= 0.3 is 0 Å². The number of rotatable bonds is 4. The fourth-order valence-electron chi connectivity index (χ4n) is 1.75. The average Bonchev–Trinajstić information content (AvgIpc) is 2.71. The topological polar surface area (TPSA) is 33.4 Å². The minimum Gasteiger partial charge on any atom is -0.455 e. The molecule has 1 heterocycles. The molecule has 2 rings (SSSR count). The Hall–Kier alpha value is -1.35. The number of halogens is 1. The van der Waals surface area contributed by atoms with Crippen LogP contribution in [0.3, 0.4) is 0 Å². The lowest BCUT2D eigenvalue weighted by Gasteiger charge is -2.05. The smallest absolute Gasteiger partial charge is 0.170 e. The fourth-order valence-corrected chi connectivity index (χ4v) is 1.75. The van der Waals surface area contributed by atoms with E-state index in [2.05, 4.69) is 6.92 Å². The number of aliphatic hydroxyl groups is 1. The third-order valence-electron chi connectivity index (χ3n) is 2.67. The number of aliphatic hydroxyl groups excluding tert-OH is 1. The molecular weight excluding hydrogens is 207 g/mol. The van der Waals surface area contributed by atoms with Crippen molar-refractivity contribution in [1.82, 2.24) is 0 Å². The van der Waals surface area contributed by atoms with Crippen molar-refractivity contribution in [2.24, 2.45) is 0 Å². The number of hydrogen-bond acceptors (Lipinski definition) is 2. The average molecular weight is 222 g/mol. The second-order valence-electron chi connectivity index (χ2n) is 3.96. The van der Waals surface area contributed by atoms with Crippen molar-refractivity contribution < 1.29 is 13.9 Å². The molecule has 1 aromatic heterocycles. The van der Waals surface area contributed by atoms with Crippen molar-refractivity contribution in [2.75, 3.05) is 0 Å². The lowest BCUT2D eigenvalue weighted by atomic mass is 10.1. The molecule has 0 bridgehead atoms. The Labute approximate surface area is 93.7 Å². The van der Waals surface area contributed by atoms with Gasteiger partial charge in [0.2, 0.25) is 0 Å². The SMILES string of the molecule is CCCCC(O)c1cc2cccc(F)c2o1. The number of benzene rings is 1. The second kappa shape index (κ2) is 4.66.